The van der Waals surface area contributed by atoms with Crippen LogP contribution < -0.4 is 10.6 Å². The number of aryl methyl sites for hydroxylation is 2. The van der Waals surface area contributed by atoms with Crippen LogP contribution in [0.3, 0.4) is 0 Å². The van der Waals surface area contributed by atoms with Gasteiger partial charge in [0.1, 0.15) is 0 Å². The molecule has 3 nitrogen and oxygen atoms in total. The number of nitrogens with one attached hydrogen (secondary N) is 2. The van der Waals surface area contributed by atoms with Crippen molar-refractivity contribution < 1.29 is 4.79 Å². The van der Waals surface area contributed by atoms with E-state index in [2.05, 4.69) is 22.8 Å². The van der Waals surface area contributed by atoms with Gasteiger partial charge in [0, 0.05) is 24.7 Å². The maximum atomic E-state index is 12.0. The molecule has 0 radical (unpaired) electrons. The third-order valence-electron chi connectivity index (χ3n) is 4.31. The molecule has 0 aliphatic heterocycles. The Hall–Kier alpha value is -1.35. The number of benzene rings is 1. The Balaban J connectivity index is 1.73. The molecule has 1 aromatic carbocycles. The van der Waals surface area contributed by atoms with E-state index in [0.717, 1.165) is 17.8 Å². The molecule has 1 aromatic rings. The summed E-state index contributed by atoms with van der Waals surface area (Å²) in [5.41, 5.74) is 3.23. The number of hydrogen-bond donors (Lipinski definition) is 2. The zero-order valence-electron chi connectivity index (χ0n) is 13.4. The highest BCUT2D eigenvalue weighted by Crippen LogP contribution is 2.18. The Morgan fingerprint density at radius 2 is 1.86 bits per heavy atom. The number of rotatable bonds is 5. The fourth-order valence-corrected chi connectivity index (χ4v) is 2.96. The van der Waals surface area contributed by atoms with Gasteiger partial charge in [0.05, 0.1) is 0 Å². The van der Waals surface area contributed by atoms with Crippen molar-refractivity contribution in [1.29, 1.82) is 0 Å². The molecule has 2 N–H and O–H groups in total. The molecule has 1 fully saturated rings. The fourth-order valence-electron chi connectivity index (χ4n) is 2.96. The SMILES string of the molecule is Cc1ccc(C)c(NC(=O)CCNC2CCCCCC2)c1. The van der Waals surface area contributed by atoms with Gasteiger partial charge < -0.3 is 10.6 Å². The summed E-state index contributed by atoms with van der Waals surface area (Å²) < 4.78 is 0. The molecule has 0 bridgehead atoms. The quantitative estimate of drug-likeness (QED) is 0.806. The molecule has 0 unspecified atom stereocenters. The Kier molecular flexibility index (Phi) is 6.24. The highest BCUT2D eigenvalue weighted by Gasteiger charge is 2.12. The van der Waals surface area contributed by atoms with E-state index in [9.17, 15) is 4.79 Å². The molecule has 116 valence electrons. The molecule has 0 aromatic heterocycles. The summed E-state index contributed by atoms with van der Waals surface area (Å²) in [5.74, 6) is 0.102. The van der Waals surface area contributed by atoms with Gasteiger partial charge in [-0.2, -0.15) is 0 Å². The van der Waals surface area contributed by atoms with Gasteiger partial charge in [-0.1, -0.05) is 37.8 Å². The largest absolute Gasteiger partial charge is 0.326 e. The molecule has 1 aliphatic carbocycles. The Morgan fingerprint density at radius 3 is 2.57 bits per heavy atom. The van der Waals surface area contributed by atoms with Crippen molar-refractivity contribution in [2.45, 2.75) is 64.8 Å². The molecule has 1 aliphatic rings. The van der Waals surface area contributed by atoms with Gasteiger partial charge in [-0.3, -0.25) is 4.79 Å². The average molecular weight is 288 g/mol. The van der Waals surface area contributed by atoms with Gasteiger partial charge in [-0.05, 0) is 43.9 Å². The van der Waals surface area contributed by atoms with E-state index < -0.39 is 0 Å². The molecule has 0 spiro atoms. The Bertz CT molecular complexity index is 462. The van der Waals surface area contributed by atoms with Gasteiger partial charge in [0.25, 0.3) is 0 Å². The van der Waals surface area contributed by atoms with Crippen molar-refractivity contribution >= 4 is 11.6 Å². The molecule has 2 rings (SSSR count). The highest BCUT2D eigenvalue weighted by atomic mass is 16.1. The predicted molar refractivity (Wildman–Crippen MR) is 88.7 cm³/mol. The van der Waals surface area contributed by atoms with Crippen LogP contribution in [0, 0.1) is 13.8 Å². The lowest BCUT2D eigenvalue weighted by molar-refractivity contribution is -0.116. The van der Waals surface area contributed by atoms with Crippen LogP contribution in [0.5, 0.6) is 0 Å². The predicted octanol–water partition coefficient (Wildman–Crippen LogP) is 3.94. The summed E-state index contributed by atoms with van der Waals surface area (Å²) in [6, 6.07) is 6.76. The standard InChI is InChI=1S/C18H28N2O/c1-14-9-10-15(2)17(13-14)20-18(21)11-12-19-16-7-5-3-4-6-8-16/h9-10,13,16,19H,3-8,11-12H2,1-2H3,(H,20,21). The summed E-state index contributed by atoms with van der Waals surface area (Å²) in [7, 11) is 0. The first kappa shape index (κ1) is 16.0. The van der Waals surface area contributed by atoms with Crippen LogP contribution >= 0.6 is 0 Å². The molecule has 0 heterocycles. The van der Waals surface area contributed by atoms with Gasteiger partial charge in [0.15, 0.2) is 0 Å². The van der Waals surface area contributed by atoms with Crippen molar-refractivity contribution in [3.63, 3.8) is 0 Å². The van der Waals surface area contributed by atoms with Crippen LogP contribution in [-0.2, 0) is 4.79 Å². The van der Waals surface area contributed by atoms with E-state index in [-0.39, 0.29) is 5.91 Å². The second kappa shape index (κ2) is 8.18. The summed E-state index contributed by atoms with van der Waals surface area (Å²) in [5, 5.41) is 6.57. The number of anilines is 1. The molecule has 0 saturated heterocycles. The van der Waals surface area contributed by atoms with Crippen molar-refractivity contribution in [3.8, 4) is 0 Å². The number of carbonyl (C=O) groups excluding carboxylic acids is 1. The number of hydrogen-bond acceptors (Lipinski definition) is 2. The molecule has 1 amide bonds. The van der Waals surface area contributed by atoms with E-state index in [1.807, 2.05) is 19.9 Å². The van der Waals surface area contributed by atoms with Crippen LogP contribution in [-0.4, -0.2) is 18.5 Å². The van der Waals surface area contributed by atoms with Crippen molar-refractivity contribution in [2.24, 2.45) is 0 Å². The fraction of sp³-hybridized carbons (Fsp3) is 0.611. The minimum Gasteiger partial charge on any atom is -0.326 e. The first-order valence-electron chi connectivity index (χ1n) is 8.25. The van der Waals surface area contributed by atoms with E-state index in [4.69, 9.17) is 0 Å². The second-order valence-electron chi connectivity index (χ2n) is 6.26. The summed E-state index contributed by atoms with van der Waals surface area (Å²) in [6.07, 6.45) is 8.45. The number of amides is 1. The first-order chi connectivity index (χ1) is 10.1. The summed E-state index contributed by atoms with van der Waals surface area (Å²) in [6.45, 7) is 4.85. The third kappa shape index (κ3) is 5.50. The van der Waals surface area contributed by atoms with Gasteiger partial charge in [-0.25, -0.2) is 0 Å². The van der Waals surface area contributed by atoms with Crippen molar-refractivity contribution in [1.82, 2.24) is 5.32 Å². The van der Waals surface area contributed by atoms with Gasteiger partial charge >= 0.3 is 0 Å². The topological polar surface area (TPSA) is 41.1 Å². The van der Waals surface area contributed by atoms with Crippen LogP contribution in [0.4, 0.5) is 5.69 Å². The maximum absolute atomic E-state index is 12.0. The second-order valence-corrected chi connectivity index (χ2v) is 6.26. The van der Waals surface area contributed by atoms with E-state index in [0.29, 0.717) is 12.5 Å². The molecule has 0 atom stereocenters. The van der Waals surface area contributed by atoms with Gasteiger partial charge in [0.2, 0.25) is 5.91 Å². The van der Waals surface area contributed by atoms with Crippen LogP contribution in [0.25, 0.3) is 0 Å². The monoisotopic (exact) mass is 288 g/mol. The van der Waals surface area contributed by atoms with Crippen LogP contribution in [0.15, 0.2) is 18.2 Å². The van der Waals surface area contributed by atoms with Gasteiger partial charge in [-0.15, -0.1) is 0 Å². The molecular weight excluding hydrogens is 260 g/mol. The zero-order valence-corrected chi connectivity index (χ0v) is 13.4. The Morgan fingerprint density at radius 1 is 1.14 bits per heavy atom. The normalized spacial score (nSPS) is 16.5. The Labute approximate surface area is 128 Å². The zero-order chi connectivity index (χ0) is 15.1. The average Bonchev–Trinajstić information content (AvgIpc) is 2.72. The van der Waals surface area contributed by atoms with Crippen LogP contribution in [0.2, 0.25) is 0 Å². The number of carbonyl (C=O) groups is 1. The van der Waals surface area contributed by atoms with E-state index in [1.54, 1.807) is 0 Å². The van der Waals surface area contributed by atoms with Crippen LogP contribution in [0.1, 0.15) is 56.1 Å². The van der Waals surface area contributed by atoms with E-state index in [1.165, 1.54) is 44.1 Å². The smallest absolute Gasteiger partial charge is 0.225 e. The minimum absolute atomic E-state index is 0.102. The molecule has 1 saturated carbocycles. The summed E-state index contributed by atoms with van der Waals surface area (Å²) >= 11 is 0. The third-order valence-corrected chi connectivity index (χ3v) is 4.31. The lowest BCUT2D eigenvalue weighted by Gasteiger charge is -2.16. The molecular formula is C18H28N2O. The maximum Gasteiger partial charge on any atom is 0.225 e. The van der Waals surface area contributed by atoms with Crippen molar-refractivity contribution in [3.05, 3.63) is 29.3 Å². The van der Waals surface area contributed by atoms with Crippen molar-refractivity contribution in [2.75, 3.05) is 11.9 Å². The lowest BCUT2D eigenvalue weighted by Crippen LogP contribution is -2.31. The lowest BCUT2D eigenvalue weighted by atomic mass is 10.1. The summed E-state index contributed by atoms with van der Waals surface area (Å²) in [4.78, 5) is 12.0. The molecule has 21 heavy (non-hydrogen) atoms. The minimum atomic E-state index is 0.102. The highest BCUT2D eigenvalue weighted by molar-refractivity contribution is 5.91. The van der Waals surface area contributed by atoms with E-state index >= 15 is 0 Å². The first-order valence-corrected chi connectivity index (χ1v) is 8.25. The molecule has 3 heteroatoms.